The van der Waals surface area contributed by atoms with Crippen LogP contribution in [-0.2, 0) is 0 Å². The van der Waals surface area contributed by atoms with Crippen LogP contribution in [0.4, 0.5) is 0 Å². The van der Waals surface area contributed by atoms with Crippen molar-refractivity contribution < 1.29 is 5.11 Å². The van der Waals surface area contributed by atoms with Gasteiger partial charge in [0.1, 0.15) is 0 Å². The summed E-state index contributed by atoms with van der Waals surface area (Å²) in [4.78, 5) is 0. The number of fused-ring (bicyclic) bond motifs is 5. The zero-order valence-electron chi connectivity index (χ0n) is 21.6. The summed E-state index contributed by atoms with van der Waals surface area (Å²) in [5, 5.41) is 10.5. The maximum atomic E-state index is 10.5. The summed E-state index contributed by atoms with van der Waals surface area (Å²) in [6.45, 7) is 17.1. The highest BCUT2D eigenvalue weighted by atomic mass is 16.3. The Labute approximate surface area is 193 Å². The van der Waals surface area contributed by atoms with Crippen LogP contribution < -0.4 is 0 Å². The minimum atomic E-state index is -0.0773. The van der Waals surface area contributed by atoms with E-state index in [0.717, 1.165) is 30.1 Å². The molecule has 1 heteroatoms. The van der Waals surface area contributed by atoms with Crippen LogP contribution in [-0.4, -0.2) is 11.2 Å². The summed E-state index contributed by atoms with van der Waals surface area (Å²) in [7, 11) is 0. The van der Waals surface area contributed by atoms with Crippen molar-refractivity contribution >= 4 is 0 Å². The standard InChI is InChI=1S/C30H50O/c1-8-22(19(2)3)10-9-20(4)24-13-14-26-23-11-12-25-21(5)28(31)16-18-30(25,7)27(23)15-17-29(24,26)6/h8,11,19-21,24-28,31H,9-10,12-18H2,1-7H3/t20-,21+,24?,25?,26?,27?,28+,29-,30+/m1/s1. The van der Waals surface area contributed by atoms with Gasteiger partial charge in [-0.25, -0.2) is 0 Å². The number of aliphatic hydroxyl groups is 1. The van der Waals surface area contributed by atoms with Crippen LogP contribution in [0, 0.1) is 52.3 Å². The van der Waals surface area contributed by atoms with Gasteiger partial charge in [-0.15, -0.1) is 0 Å². The minimum Gasteiger partial charge on any atom is -0.393 e. The van der Waals surface area contributed by atoms with Crippen molar-refractivity contribution in [2.45, 2.75) is 112 Å². The third-order valence-electron chi connectivity index (χ3n) is 11.3. The zero-order chi connectivity index (χ0) is 22.6. The number of aliphatic hydroxyl groups excluding tert-OH is 1. The second kappa shape index (κ2) is 8.66. The number of allylic oxidation sites excluding steroid dienone is 4. The molecule has 0 spiro atoms. The average Bonchev–Trinajstić information content (AvgIpc) is 3.08. The van der Waals surface area contributed by atoms with Crippen molar-refractivity contribution in [3.63, 3.8) is 0 Å². The molecule has 4 aliphatic carbocycles. The van der Waals surface area contributed by atoms with Crippen LogP contribution in [0.5, 0.6) is 0 Å². The average molecular weight is 427 g/mol. The molecule has 31 heavy (non-hydrogen) atoms. The van der Waals surface area contributed by atoms with Crippen LogP contribution in [0.25, 0.3) is 0 Å². The second-order valence-corrected chi connectivity index (χ2v) is 12.9. The molecule has 0 aromatic heterocycles. The van der Waals surface area contributed by atoms with E-state index in [0.29, 0.717) is 28.6 Å². The smallest absolute Gasteiger partial charge is 0.0568 e. The maximum Gasteiger partial charge on any atom is 0.0568 e. The first-order valence-electron chi connectivity index (χ1n) is 13.7. The molecule has 0 bridgehead atoms. The fraction of sp³-hybridized carbons (Fsp3) is 0.867. The Hall–Kier alpha value is -0.560. The van der Waals surface area contributed by atoms with Crippen molar-refractivity contribution in [3.05, 3.63) is 23.3 Å². The number of hydrogen-bond donors (Lipinski definition) is 1. The first-order chi connectivity index (χ1) is 14.6. The SMILES string of the molecule is CC=C(CC[C@@H](C)C1CCC2C3=CCC4[C@H](C)[C@@H](O)CC[C@]4(C)C3CC[C@@]21C)C(C)C. The summed E-state index contributed by atoms with van der Waals surface area (Å²) < 4.78 is 0. The fourth-order valence-electron chi connectivity index (χ4n) is 9.28. The summed E-state index contributed by atoms with van der Waals surface area (Å²) in [6, 6.07) is 0. The van der Waals surface area contributed by atoms with Crippen molar-refractivity contribution in [2.75, 3.05) is 0 Å². The molecule has 0 heterocycles. The summed E-state index contributed by atoms with van der Waals surface area (Å²) in [6.07, 6.45) is 16.8. The highest BCUT2D eigenvalue weighted by Crippen LogP contribution is 2.67. The van der Waals surface area contributed by atoms with Gasteiger partial charge in [0.2, 0.25) is 0 Å². The summed E-state index contributed by atoms with van der Waals surface area (Å²) in [5.74, 6) is 5.16. The van der Waals surface area contributed by atoms with Crippen molar-refractivity contribution in [3.8, 4) is 0 Å². The molecule has 3 fully saturated rings. The molecule has 9 atom stereocenters. The predicted molar refractivity (Wildman–Crippen MR) is 133 cm³/mol. The molecule has 0 radical (unpaired) electrons. The van der Waals surface area contributed by atoms with Gasteiger partial charge in [0, 0.05) is 0 Å². The topological polar surface area (TPSA) is 20.2 Å². The molecule has 176 valence electrons. The quantitative estimate of drug-likeness (QED) is 0.439. The van der Waals surface area contributed by atoms with Gasteiger partial charge >= 0.3 is 0 Å². The van der Waals surface area contributed by atoms with Gasteiger partial charge in [-0.05, 0) is 117 Å². The Bertz CT molecular complexity index is 716. The molecule has 4 unspecified atom stereocenters. The summed E-state index contributed by atoms with van der Waals surface area (Å²) in [5.41, 5.74) is 4.45. The Morgan fingerprint density at radius 2 is 1.74 bits per heavy atom. The van der Waals surface area contributed by atoms with Crippen LogP contribution in [0.1, 0.15) is 106 Å². The highest BCUT2D eigenvalue weighted by molar-refractivity contribution is 5.28. The Morgan fingerprint density at radius 1 is 1.06 bits per heavy atom. The van der Waals surface area contributed by atoms with Crippen molar-refractivity contribution in [2.24, 2.45) is 52.3 Å². The van der Waals surface area contributed by atoms with E-state index in [2.05, 4.69) is 60.6 Å². The van der Waals surface area contributed by atoms with E-state index in [1.807, 2.05) is 5.57 Å². The molecule has 0 aromatic rings. The van der Waals surface area contributed by atoms with Crippen LogP contribution in [0.2, 0.25) is 0 Å². The Balaban J connectivity index is 1.51. The van der Waals surface area contributed by atoms with Crippen molar-refractivity contribution in [1.29, 1.82) is 0 Å². The van der Waals surface area contributed by atoms with Gasteiger partial charge in [0.25, 0.3) is 0 Å². The van der Waals surface area contributed by atoms with E-state index < -0.39 is 0 Å². The molecule has 3 saturated carbocycles. The molecule has 0 saturated heterocycles. The Kier molecular flexibility index (Phi) is 6.59. The molecule has 4 aliphatic rings. The van der Waals surface area contributed by atoms with Gasteiger partial charge in [-0.2, -0.15) is 0 Å². The zero-order valence-corrected chi connectivity index (χ0v) is 21.6. The van der Waals surface area contributed by atoms with E-state index in [1.54, 1.807) is 5.57 Å². The third-order valence-corrected chi connectivity index (χ3v) is 11.3. The normalized spacial score (nSPS) is 46.2. The Morgan fingerprint density at radius 3 is 2.42 bits per heavy atom. The summed E-state index contributed by atoms with van der Waals surface area (Å²) >= 11 is 0. The lowest BCUT2D eigenvalue weighted by atomic mass is 9.46. The largest absolute Gasteiger partial charge is 0.393 e. The van der Waals surface area contributed by atoms with E-state index in [1.165, 1.54) is 51.4 Å². The molecule has 4 rings (SSSR count). The molecule has 1 nitrogen and oxygen atoms in total. The van der Waals surface area contributed by atoms with E-state index in [9.17, 15) is 5.11 Å². The minimum absolute atomic E-state index is 0.0773. The van der Waals surface area contributed by atoms with Crippen LogP contribution in [0.15, 0.2) is 23.3 Å². The molecule has 0 aromatic carbocycles. The first kappa shape index (κ1) is 23.6. The van der Waals surface area contributed by atoms with E-state index >= 15 is 0 Å². The van der Waals surface area contributed by atoms with E-state index in [-0.39, 0.29) is 6.10 Å². The molecule has 1 N–H and O–H groups in total. The van der Waals surface area contributed by atoms with Crippen LogP contribution in [0.3, 0.4) is 0 Å². The van der Waals surface area contributed by atoms with Crippen LogP contribution >= 0.6 is 0 Å². The number of rotatable bonds is 5. The fourth-order valence-corrected chi connectivity index (χ4v) is 9.28. The van der Waals surface area contributed by atoms with Gasteiger partial charge in [-0.3, -0.25) is 0 Å². The predicted octanol–water partition coefficient (Wildman–Crippen LogP) is 8.19. The molecule has 0 aliphatic heterocycles. The lowest BCUT2D eigenvalue weighted by Crippen LogP contribution is -2.52. The molecular weight excluding hydrogens is 376 g/mol. The highest BCUT2D eigenvalue weighted by Gasteiger charge is 2.59. The first-order valence-corrected chi connectivity index (χ1v) is 13.7. The lowest BCUT2D eigenvalue weighted by Gasteiger charge is -2.59. The van der Waals surface area contributed by atoms with Gasteiger partial charge < -0.3 is 5.11 Å². The lowest BCUT2D eigenvalue weighted by molar-refractivity contribution is -0.0773. The molecular formula is C30H50O. The second-order valence-electron chi connectivity index (χ2n) is 12.9. The van der Waals surface area contributed by atoms with Gasteiger partial charge in [-0.1, -0.05) is 64.8 Å². The van der Waals surface area contributed by atoms with Gasteiger partial charge in [0.05, 0.1) is 6.10 Å². The van der Waals surface area contributed by atoms with Crippen molar-refractivity contribution in [1.82, 2.24) is 0 Å². The maximum absolute atomic E-state index is 10.5. The van der Waals surface area contributed by atoms with E-state index in [4.69, 9.17) is 0 Å². The number of hydrogen-bond acceptors (Lipinski definition) is 1. The molecule has 0 amide bonds. The monoisotopic (exact) mass is 426 g/mol. The third kappa shape index (κ3) is 3.79. The van der Waals surface area contributed by atoms with Gasteiger partial charge in [0.15, 0.2) is 0 Å².